The second-order valence-corrected chi connectivity index (χ2v) is 4.28. The molecule has 0 radical (unpaired) electrons. The van der Waals surface area contributed by atoms with Crippen molar-refractivity contribution in [3.8, 4) is 5.75 Å². The van der Waals surface area contributed by atoms with E-state index in [1.54, 1.807) is 7.05 Å². The van der Waals surface area contributed by atoms with Crippen molar-refractivity contribution in [3.63, 3.8) is 0 Å². The first-order valence-electron chi connectivity index (χ1n) is 6.57. The van der Waals surface area contributed by atoms with E-state index in [9.17, 15) is 4.79 Å². The summed E-state index contributed by atoms with van der Waals surface area (Å²) in [4.78, 5) is 13.4. The zero-order valence-corrected chi connectivity index (χ0v) is 11.7. The van der Waals surface area contributed by atoms with Crippen LogP contribution < -0.4 is 15.8 Å². The van der Waals surface area contributed by atoms with Crippen LogP contribution >= 0.6 is 0 Å². The number of amides is 1. The predicted octanol–water partition coefficient (Wildman–Crippen LogP) is 1.11. The van der Waals surface area contributed by atoms with E-state index in [4.69, 9.17) is 10.5 Å². The molecule has 0 aliphatic heterocycles. The quantitative estimate of drug-likeness (QED) is 0.546. The van der Waals surface area contributed by atoms with Crippen LogP contribution in [-0.4, -0.2) is 44.1 Å². The van der Waals surface area contributed by atoms with E-state index < -0.39 is 0 Å². The number of carbonyl (C=O) groups excluding carboxylic acids is 1. The third-order valence-corrected chi connectivity index (χ3v) is 2.89. The first-order chi connectivity index (χ1) is 9.17. The van der Waals surface area contributed by atoms with Gasteiger partial charge in [0.15, 0.2) is 0 Å². The number of nitrogens with zero attached hydrogens (tertiary/aromatic N) is 1. The summed E-state index contributed by atoms with van der Waals surface area (Å²) in [5, 5.41) is 2.63. The predicted molar refractivity (Wildman–Crippen MR) is 77.1 cm³/mol. The van der Waals surface area contributed by atoms with E-state index in [1.165, 1.54) is 0 Å². The van der Waals surface area contributed by atoms with E-state index in [0.29, 0.717) is 18.8 Å². The summed E-state index contributed by atoms with van der Waals surface area (Å²) in [5.41, 5.74) is 6.44. The van der Waals surface area contributed by atoms with E-state index in [1.807, 2.05) is 31.2 Å². The Labute approximate surface area is 114 Å². The molecule has 1 amide bonds. The van der Waals surface area contributed by atoms with Crippen molar-refractivity contribution < 1.29 is 9.53 Å². The number of likely N-dealkylation sites (N-methyl/N-ethyl adjacent to an activating group) is 2. The summed E-state index contributed by atoms with van der Waals surface area (Å²) < 4.78 is 5.61. The largest absolute Gasteiger partial charge is 0.491 e. The molecule has 106 valence electrons. The highest BCUT2D eigenvalue weighted by molar-refractivity contribution is 5.77. The van der Waals surface area contributed by atoms with Crippen LogP contribution in [0.2, 0.25) is 0 Å². The van der Waals surface area contributed by atoms with Crippen molar-refractivity contribution >= 4 is 11.6 Å². The lowest BCUT2D eigenvalue weighted by Crippen LogP contribution is -2.36. The molecule has 0 atom stereocenters. The van der Waals surface area contributed by atoms with Gasteiger partial charge >= 0.3 is 0 Å². The maximum atomic E-state index is 11.3. The van der Waals surface area contributed by atoms with Crippen LogP contribution in [0.5, 0.6) is 5.75 Å². The number of benzene rings is 1. The first kappa shape index (κ1) is 15.3. The summed E-state index contributed by atoms with van der Waals surface area (Å²) in [6, 6.07) is 7.46. The summed E-state index contributed by atoms with van der Waals surface area (Å²) in [5.74, 6) is 0.756. The minimum Gasteiger partial charge on any atom is -0.491 e. The van der Waals surface area contributed by atoms with Crippen LogP contribution in [-0.2, 0) is 4.79 Å². The molecule has 1 aromatic carbocycles. The summed E-state index contributed by atoms with van der Waals surface area (Å²) in [7, 11) is 1.65. The molecule has 0 unspecified atom stereocenters. The summed E-state index contributed by atoms with van der Waals surface area (Å²) >= 11 is 0. The normalized spacial score (nSPS) is 10.5. The molecule has 0 fully saturated rings. The zero-order valence-electron chi connectivity index (χ0n) is 11.7. The minimum absolute atomic E-state index is 0.0371. The van der Waals surface area contributed by atoms with Crippen molar-refractivity contribution in [3.05, 3.63) is 24.3 Å². The number of rotatable bonds is 8. The zero-order chi connectivity index (χ0) is 14.1. The molecule has 0 aliphatic rings. The van der Waals surface area contributed by atoms with Crippen molar-refractivity contribution in [1.82, 2.24) is 10.2 Å². The minimum atomic E-state index is 0.0371. The Morgan fingerprint density at radius 2 is 2.16 bits per heavy atom. The van der Waals surface area contributed by atoms with Gasteiger partial charge in [-0.2, -0.15) is 0 Å². The highest BCUT2D eigenvalue weighted by Crippen LogP contribution is 2.19. The van der Waals surface area contributed by atoms with Crippen molar-refractivity contribution in [1.29, 1.82) is 0 Å². The Morgan fingerprint density at radius 3 is 2.79 bits per heavy atom. The van der Waals surface area contributed by atoms with Crippen LogP contribution in [0.15, 0.2) is 24.3 Å². The van der Waals surface area contributed by atoms with Gasteiger partial charge in [-0.1, -0.05) is 19.1 Å². The van der Waals surface area contributed by atoms with Gasteiger partial charge in [0.1, 0.15) is 5.75 Å². The van der Waals surface area contributed by atoms with E-state index in [-0.39, 0.29) is 5.91 Å². The first-order valence-corrected chi connectivity index (χ1v) is 6.57. The molecule has 1 rings (SSSR count). The maximum Gasteiger partial charge on any atom is 0.233 e. The van der Waals surface area contributed by atoms with Crippen molar-refractivity contribution in [2.75, 3.05) is 39.0 Å². The molecule has 0 aliphatic carbocycles. The molecule has 19 heavy (non-hydrogen) atoms. The Morgan fingerprint density at radius 1 is 1.42 bits per heavy atom. The average molecular weight is 265 g/mol. The van der Waals surface area contributed by atoms with Gasteiger partial charge in [-0.15, -0.1) is 0 Å². The number of nitrogens with two attached hydrogens (primary N) is 1. The Bertz CT molecular complexity index is 396. The molecule has 1 aromatic rings. The van der Waals surface area contributed by atoms with Crippen LogP contribution in [0, 0.1) is 0 Å². The van der Waals surface area contributed by atoms with E-state index in [2.05, 4.69) is 10.2 Å². The van der Waals surface area contributed by atoms with Crippen molar-refractivity contribution in [2.45, 2.75) is 13.3 Å². The SMILES string of the molecule is CCN(CCCOc1ccccc1N)CC(=O)NC. The highest BCUT2D eigenvalue weighted by Gasteiger charge is 2.07. The molecule has 0 heterocycles. The fourth-order valence-electron chi connectivity index (χ4n) is 1.71. The third kappa shape index (κ3) is 5.61. The molecule has 5 nitrogen and oxygen atoms in total. The molecule has 0 aromatic heterocycles. The van der Waals surface area contributed by atoms with E-state index in [0.717, 1.165) is 25.3 Å². The Balaban J connectivity index is 2.26. The van der Waals surface area contributed by atoms with Crippen LogP contribution in [0.4, 0.5) is 5.69 Å². The smallest absolute Gasteiger partial charge is 0.233 e. The van der Waals surface area contributed by atoms with Gasteiger partial charge in [-0.05, 0) is 25.1 Å². The molecule has 0 spiro atoms. The lowest BCUT2D eigenvalue weighted by molar-refractivity contribution is -0.121. The summed E-state index contributed by atoms with van der Waals surface area (Å²) in [6.07, 6.45) is 0.860. The Kier molecular flexibility index (Phi) is 6.74. The second kappa shape index (κ2) is 8.37. The topological polar surface area (TPSA) is 67.6 Å². The average Bonchev–Trinajstić information content (AvgIpc) is 2.43. The van der Waals surface area contributed by atoms with Gasteiger partial charge in [0.2, 0.25) is 5.91 Å². The van der Waals surface area contributed by atoms with Crippen molar-refractivity contribution in [2.24, 2.45) is 0 Å². The van der Waals surface area contributed by atoms with Crippen LogP contribution in [0.3, 0.4) is 0 Å². The molecular weight excluding hydrogens is 242 g/mol. The fourth-order valence-corrected chi connectivity index (χ4v) is 1.71. The third-order valence-electron chi connectivity index (χ3n) is 2.89. The number of hydrogen-bond acceptors (Lipinski definition) is 4. The highest BCUT2D eigenvalue weighted by atomic mass is 16.5. The lowest BCUT2D eigenvalue weighted by atomic mass is 10.3. The standard InChI is InChI=1S/C14H23N3O2/c1-3-17(11-14(18)16-2)9-6-10-19-13-8-5-4-7-12(13)15/h4-5,7-8H,3,6,9-11,15H2,1-2H3,(H,16,18). The van der Waals surface area contributed by atoms with Crippen LogP contribution in [0.25, 0.3) is 0 Å². The van der Waals surface area contributed by atoms with Crippen LogP contribution in [0.1, 0.15) is 13.3 Å². The van der Waals surface area contributed by atoms with Gasteiger partial charge in [-0.3, -0.25) is 9.69 Å². The van der Waals surface area contributed by atoms with Gasteiger partial charge in [0, 0.05) is 13.6 Å². The number of ether oxygens (including phenoxy) is 1. The van der Waals surface area contributed by atoms with Gasteiger partial charge < -0.3 is 15.8 Å². The maximum absolute atomic E-state index is 11.3. The molecule has 3 N–H and O–H groups in total. The molecule has 0 saturated heterocycles. The van der Waals surface area contributed by atoms with Gasteiger partial charge in [0.05, 0.1) is 18.8 Å². The number of nitrogens with one attached hydrogen (secondary N) is 1. The molecule has 0 bridgehead atoms. The molecule has 5 heteroatoms. The number of carbonyl (C=O) groups is 1. The summed E-state index contributed by atoms with van der Waals surface area (Å²) in [6.45, 7) is 4.75. The number of hydrogen-bond donors (Lipinski definition) is 2. The monoisotopic (exact) mass is 265 g/mol. The fraction of sp³-hybridized carbons (Fsp3) is 0.500. The van der Waals surface area contributed by atoms with Gasteiger partial charge in [0.25, 0.3) is 0 Å². The second-order valence-electron chi connectivity index (χ2n) is 4.28. The number of nitrogen functional groups attached to an aromatic ring is 1. The number of para-hydroxylation sites is 2. The van der Waals surface area contributed by atoms with Gasteiger partial charge in [-0.25, -0.2) is 0 Å². The lowest BCUT2D eigenvalue weighted by Gasteiger charge is -2.19. The molecule has 0 saturated carbocycles. The Hall–Kier alpha value is -1.75. The number of anilines is 1. The van der Waals surface area contributed by atoms with E-state index >= 15 is 0 Å². The molecular formula is C14H23N3O2.